The molecule has 0 N–H and O–H groups in total. The minimum Gasteiger partial charge on any atom is -0.493 e. The number of hydrogen-bond acceptors (Lipinski definition) is 6. The maximum Gasteiger partial charge on any atom is 0.162 e. The van der Waals surface area contributed by atoms with Gasteiger partial charge in [-0.2, -0.15) is 0 Å². The molecule has 2 aromatic heterocycles. The lowest BCUT2D eigenvalue weighted by molar-refractivity contribution is 0.241. The van der Waals surface area contributed by atoms with Gasteiger partial charge < -0.3 is 4.74 Å². The summed E-state index contributed by atoms with van der Waals surface area (Å²) >= 11 is 0. The molecule has 0 aliphatic carbocycles. The van der Waals surface area contributed by atoms with Gasteiger partial charge in [0, 0.05) is 44.6 Å². The van der Waals surface area contributed by atoms with Gasteiger partial charge in [0.1, 0.15) is 12.1 Å². The molecule has 0 bridgehead atoms. The first kappa shape index (κ1) is 15.4. The van der Waals surface area contributed by atoms with Gasteiger partial charge in [-0.1, -0.05) is 12.1 Å². The van der Waals surface area contributed by atoms with Gasteiger partial charge in [-0.15, -0.1) is 0 Å². The fourth-order valence-corrected chi connectivity index (χ4v) is 3.64. The lowest BCUT2D eigenvalue weighted by Crippen LogP contribution is -2.31. The third kappa shape index (κ3) is 2.93. The quantitative estimate of drug-likeness (QED) is 0.726. The largest absolute Gasteiger partial charge is 0.493 e. The van der Waals surface area contributed by atoms with E-state index in [1.807, 2.05) is 6.20 Å². The Labute approximate surface area is 151 Å². The highest BCUT2D eigenvalue weighted by atomic mass is 16.5. The summed E-state index contributed by atoms with van der Waals surface area (Å²) < 4.78 is 5.60. The first-order chi connectivity index (χ1) is 12.8. The van der Waals surface area contributed by atoms with Crippen molar-refractivity contribution in [1.82, 2.24) is 24.8 Å². The molecular formula is C20H19N5O. The molecule has 0 fully saturated rings. The molecule has 4 heterocycles. The van der Waals surface area contributed by atoms with Crippen LogP contribution in [-0.2, 0) is 25.9 Å². The average Bonchev–Trinajstić information content (AvgIpc) is 3.16. The zero-order valence-corrected chi connectivity index (χ0v) is 14.4. The topological polar surface area (TPSA) is 64.0 Å². The molecule has 2 aliphatic rings. The van der Waals surface area contributed by atoms with Crippen molar-refractivity contribution in [3.63, 3.8) is 0 Å². The van der Waals surface area contributed by atoms with Crippen molar-refractivity contribution >= 4 is 0 Å². The average molecular weight is 345 g/mol. The molecule has 5 rings (SSSR count). The van der Waals surface area contributed by atoms with E-state index in [-0.39, 0.29) is 0 Å². The van der Waals surface area contributed by atoms with Crippen molar-refractivity contribution in [1.29, 1.82) is 0 Å². The monoisotopic (exact) mass is 345 g/mol. The van der Waals surface area contributed by atoms with Crippen LogP contribution >= 0.6 is 0 Å². The predicted molar refractivity (Wildman–Crippen MR) is 96.5 cm³/mol. The van der Waals surface area contributed by atoms with Crippen molar-refractivity contribution in [2.24, 2.45) is 0 Å². The van der Waals surface area contributed by atoms with E-state index in [1.54, 1.807) is 12.4 Å². The van der Waals surface area contributed by atoms with Crippen LogP contribution in [0.2, 0.25) is 0 Å². The SMILES string of the molecule is c1ncc(-c2ncc3c(n2)CN(Cc2ccc4c(c2)CCO4)CC3)cn1. The Morgan fingerprint density at radius 2 is 1.96 bits per heavy atom. The van der Waals surface area contributed by atoms with Gasteiger partial charge in [-0.05, 0) is 29.2 Å². The highest BCUT2D eigenvalue weighted by molar-refractivity contribution is 5.52. The van der Waals surface area contributed by atoms with E-state index in [2.05, 4.69) is 38.1 Å². The minimum absolute atomic E-state index is 0.695. The number of rotatable bonds is 3. The van der Waals surface area contributed by atoms with Crippen LogP contribution in [0.5, 0.6) is 5.75 Å². The van der Waals surface area contributed by atoms with Crippen molar-refractivity contribution < 1.29 is 4.74 Å². The fraction of sp³-hybridized carbons (Fsp3) is 0.300. The number of nitrogens with zero attached hydrogens (tertiary/aromatic N) is 5. The Kier molecular flexibility index (Phi) is 3.83. The normalized spacial score (nSPS) is 16.0. The Morgan fingerprint density at radius 3 is 2.88 bits per heavy atom. The molecule has 0 spiro atoms. The maximum atomic E-state index is 5.60. The Morgan fingerprint density at radius 1 is 1.04 bits per heavy atom. The predicted octanol–water partition coefficient (Wildman–Crippen LogP) is 2.43. The van der Waals surface area contributed by atoms with Crippen molar-refractivity contribution in [3.8, 4) is 17.1 Å². The fourth-order valence-electron chi connectivity index (χ4n) is 3.64. The maximum absolute atomic E-state index is 5.60. The third-order valence-electron chi connectivity index (χ3n) is 5.00. The molecule has 0 amide bonds. The molecular weight excluding hydrogens is 326 g/mol. The molecule has 0 saturated heterocycles. The van der Waals surface area contributed by atoms with E-state index in [1.165, 1.54) is 23.0 Å². The number of aromatic nitrogens is 4. The van der Waals surface area contributed by atoms with E-state index in [0.29, 0.717) is 5.82 Å². The van der Waals surface area contributed by atoms with E-state index >= 15 is 0 Å². The van der Waals surface area contributed by atoms with Crippen LogP contribution in [0, 0.1) is 0 Å². The summed E-state index contributed by atoms with van der Waals surface area (Å²) in [5.41, 5.74) is 5.86. The van der Waals surface area contributed by atoms with E-state index in [0.717, 1.165) is 56.1 Å². The summed E-state index contributed by atoms with van der Waals surface area (Å²) in [6.45, 7) is 3.60. The number of fused-ring (bicyclic) bond motifs is 2. The van der Waals surface area contributed by atoms with Crippen LogP contribution < -0.4 is 4.74 Å². The van der Waals surface area contributed by atoms with Gasteiger partial charge in [0.25, 0.3) is 0 Å². The second-order valence-electron chi connectivity index (χ2n) is 6.79. The van der Waals surface area contributed by atoms with Gasteiger partial charge >= 0.3 is 0 Å². The molecule has 26 heavy (non-hydrogen) atoms. The summed E-state index contributed by atoms with van der Waals surface area (Å²) in [5.74, 6) is 1.74. The molecule has 130 valence electrons. The lowest BCUT2D eigenvalue weighted by Gasteiger charge is -2.28. The molecule has 0 radical (unpaired) electrons. The van der Waals surface area contributed by atoms with Crippen LogP contribution in [0.25, 0.3) is 11.4 Å². The standard InChI is InChI=1S/C20H19N5O/c1-2-19-15(4-6-26-19)7-14(1)11-25-5-3-16-10-23-20(24-18(16)12-25)17-8-21-13-22-9-17/h1-2,7-10,13H,3-6,11-12H2. The molecule has 6 heteroatoms. The molecule has 0 unspecified atom stereocenters. The summed E-state index contributed by atoms with van der Waals surface area (Å²) in [7, 11) is 0. The smallest absolute Gasteiger partial charge is 0.162 e. The summed E-state index contributed by atoms with van der Waals surface area (Å²) in [5, 5.41) is 0. The van der Waals surface area contributed by atoms with E-state index in [4.69, 9.17) is 9.72 Å². The molecule has 6 nitrogen and oxygen atoms in total. The highest BCUT2D eigenvalue weighted by Crippen LogP contribution is 2.27. The Balaban J connectivity index is 1.36. The molecule has 1 aromatic carbocycles. The Bertz CT molecular complexity index is 944. The number of benzene rings is 1. The van der Waals surface area contributed by atoms with Gasteiger partial charge in [0.2, 0.25) is 0 Å². The number of hydrogen-bond donors (Lipinski definition) is 0. The van der Waals surface area contributed by atoms with Gasteiger partial charge in [0.05, 0.1) is 17.9 Å². The van der Waals surface area contributed by atoms with Crippen molar-refractivity contribution in [2.75, 3.05) is 13.2 Å². The highest BCUT2D eigenvalue weighted by Gasteiger charge is 2.20. The molecule has 0 atom stereocenters. The van der Waals surface area contributed by atoms with Crippen LogP contribution in [0.4, 0.5) is 0 Å². The van der Waals surface area contributed by atoms with Crippen LogP contribution in [0.3, 0.4) is 0 Å². The summed E-state index contributed by atoms with van der Waals surface area (Å²) in [4.78, 5) is 19.8. The summed E-state index contributed by atoms with van der Waals surface area (Å²) in [6, 6.07) is 6.56. The molecule has 0 saturated carbocycles. The van der Waals surface area contributed by atoms with Crippen molar-refractivity contribution in [3.05, 3.63) is 65.5 Å². The zero-order valence-electron chi connectivity index (χ0n) is 14.4. The number of ether oxygens (including phenoxy) is 1. The van der Waals surface area contributed by atoms with Gasteiger partial charge in [-0.3, -0.25) is 4.90 Å². The second kappa shape index (κ2) is 6.46. The third-order valence-corrected chi connectivity index (χ3v) is 5.00. The van der Waals surface area contributed by atoms with Gasteiger partial charge in [0.15, 0.2) is 5.82 Å². The summed E-state index contributed by atoms with van der Waals surface area (Å²) in [6.07, 6.45) is 8.97. The molecule has 3 aromatic rings. The van der Waals surface area contributed by atoms with Crippen LogP contribution in [-0.4, -0.2) is 38.0 Å². The minimum atomic E-state index is 0.695. The van der Waals surface area contributed by atoms with Crippen LogP contribution in [0.15, 0.2) is 43.1 Å². The van der Waals surface area contributed by atoms with E-state index in [9.17, 15) is 0 Å². The van der Waals surface area contributed by atoms with Crippen LogP contribution in [0.1, 0.15) is 22.4 Å². The Hall–Kier alpha value is -2.86. The van der Waals surface area contributed by atoms with Crippen molar-refractivity contribution in [2.45, 2.75) is 25.9 Å². The zero-order chi connectivity index (χ0) is 17.3. The lowest BCUT2D eigenvalue weighted by atomic mass is 10.0. The van der Waals surface area contributed by atoms with Gasteiger partial charge in [-0.25, -0.2) is 19.9 Å². The first-order valence-electron chi connectivity index (χ1n) is 8.92. The van der Waals surface area contributed by atoms with E-state index < -0.39 is 0 Å². The second-order valence-corrected chi connectivity index (χ2v) is 6.79. The first-order valence-corrected chi connectivity index (χ1v) is 8.92. The molecule has 2 aliphatic heterocycles.